The predicted molar refractivity (Wildman–Crippen MR) is 307 cm³/mol. The number of ether oxygens (including phenoxy) is 16. The van der Waals surface area contributed by atoms with Crippen molar-refractivity contribution in [3.8, 4) is 46.0 Å². The van der Waals surface area contributed by atoms with Gasteiger partial charge >= 0.3 is 23.9 Å². The van der Waals surface area contributed by atoms with Gasteiger partial charge in [-0.25, -0.2) is 19.2 Å². The summed E-state index contributed by atoms with van der Waals surface area (Å²) in [4.78, 5) is 54.7. The van der Waals surface area contributed by atoms with Crippen LogP contribution in [0.2, 0.25) is 0 Å². The molecule has 4 N–H and O–H groups in total. The van der Waals surface area contributed by atoms with Gasteiger partial charge in [-0.15, -0.1) is 0 Å². The van der Waals surface area contributed by atoms with Crippen molar-refractivity contribution in [2.75, 3.05) is 159 Å². The Morgan fingerprint density at radius 2 is 0.352 bits per heavy atom. The molecule has 0 saturated carbocycles. The van der Waals surface area contributed by atoms with Gasteiger partial charge in [0.1, 0.15) is 52.9 Å². The van der Waals surface area contributed by atoms with Gasteiger partial charge in [0.05, 0.1) is 150 Å². The van der Waals surface area contributed by atoms with Crippen molar-refractivity contribution in [3.05, 3.63) is 115 Å². The molecule has 8 aliphatic rings. The smallest absolute Gasteiger partial charge is 0.333 e. The van der Waals surface area contributed by atoms with Crippen LogP contribution in [-0.2, 0) is 78.7 Å². The molecule has 12 rings (SSSR count). The lowest BCUT2D eigenvalue weighted by molar-refractivity contribution is -0.137. The minimum atomic E-state index is -1.61. The van der Waals surface area contributed by atoms with E-state index in [2.05, 4.69) is 0 Å². The first kappa shape index (κ1) is 61.9. The van der Waals surface area contributed by atoms with Crippen molar-refractivity contribution in [1.82, 2.24) is 0 Å². The molecule has 4 aromatic carbocycles. The maximum atomic E-state index is 13.7. The van der Waals surface area contributed by atoms with Crippen LogP contribution in [0.15, 0.2) is 70.8 Å². The molecule has 2 aliphatic heterocycles. The van der Waals surface area contributed by atoms with Gasteiger partial charge < -0.3 is 96.2 Å². The van der Waals surface area contributed by atoms with Gasteiger partial charge in [-0.2, -0.15) is 0 Å². The highest BCUT2D eigenvalue weighted by Gasteiger charge is 2.63. The Balaban J connectivity index is 1.01. The third kappa shape index (κ3) is 11.2. The Kier molecular flexibility index (Phi) is 18.4. The van der Waals surface area contributed by atoms with E-state index in [1.165, 1.54) is 0 Å². The summed E-state index contributed by atoms with van der Waals surface area (Å²) >= 11 is 0. The second kappa shape index (κ2) is 26.2. The van der Waals surface area contributed by atoms with Crippen LogP contribution in [0.3, 0.4) is 0 Å². The van der Waals surface area contributed by atoms with E-state index in [1.807, 2.05) is 0 Å². The normalized spacial score (nSPS) is 25.7. The van der Waals surface area contributed by atoms with Gasteiger partial charge in [-0.1, -0.05) is 0 Å². The molecule has 0 atom stereocenters. The lowest BCUT2D eigenvalue weighted by Gasteiger charge is -2.53. The fraction of sp³-hybridized carbons (Fsp3) is 0.500. The highest BCUT2D eigenvalue weighted by molar-refractivity contribution is 6.08. The molecular formula is C64H72O24. The van der Waals surface area contributed by atoms with Crippen LogP contribution in [0.5, 0.6) is 46.0 Å². The van der Waals surface area contributed by atoms with Crippen molar-refractivity contribution in [2.24, 2.45) is 0 Å². The maximum Gasteiger partial charge on any atom is 0.333 e. The summed E-state index contributed by atoms with van der Waals surface area (Å²) in [5.74, 6) is -3.69. The molecule has 472 valence electrons. The fourth-order valence-electron chi connectivity index (χ4n) is 13.4. The lowest BCUT2D eigenvalue weighted by Crippen LogP contribution is -2.52. The van der Waals surface area contributed by atoms with Gasteiger partial charge in [0.25, 0.3) is 0 Å². The molecule has 2 heterocycles. The topological polar surface area (TPSA) is 297 Å². The summed E-state index contributed by atoms with van der Waals surface area (Å²) in [5.41, 5.74) is -3.93. The Labute approximate surface area is 506 Å². The van der Waals surface area contributed by atoms with Crippen LogP contribution < -0.4 is 37.9 Å². The number of fused-ring (bicyclic) bond motifs is 4. The predicted octanol–water partition coefficient (Wildman–Crippen LogP) is 5.40. The van der Waals surface area contributed by atoms with Crippen molar-refractivity contribution in [3.63, 3.8) is 0 Å². The van der Waals surface area contributed by atoms with Gasteiger partial charge in [-0.05, 0) is 121 Å². The van der Waals surface area contributed by atoms with E-state index >= 15 is 0 Å². The van der Waals surface area contributed by atoms with Crippen LogP contribution in [0, 0.1) is 0 Å². The Bertz CT molecular complexity index is 2800. The van der Waals surface area contributed by atoms with Crippen LogP contribution >= 0.6 is 0 Å². The van der Waals surface area contributed by atoms with E-state index in [-0.39, 0.29) is 227 Å². The van der Waals surface area contributed by atoms with E-state index in [4.69, 9.17) is 75.8 Å². The summed E-state index contributed by atoms with van der Waals surface area (Å²) in [6, 6.07) is 13.6. The molecule has 0 amide bonds. The number of hydrogen-bond donors (Lipinski definition) is 4. The number of carboxylic acid groups (broad SMARTS) is 4. The molecule has 24 heteroatoms. The highest BCUT2D eigenvalue weighted by Crippen LogP contribution is 2.66. The van der Waals surface area contributed by atoms with E-state index < -0.39 is 45.5 Å². The van der Waals surface area contributed by atoms with Crippen LogP contribution in [0.25, 0.3) is 0 Å². The molecule has 24 nitrogen and oxygen atoms in total. The standard InChI is InChI=1S/C64H72O24/c1-61-37-29-45-47-31-39(37)62(2,54(58(67)68)53(61)57(65)66)40-32-48-46(30-38(40)61)82-22-14-74-6-8-78-18-26-86-50-34-42-44(36-52(50)88-28-20-80-12-10-76-16-24-84-48)64(4)43-35-51(87-27-19-79-11-9-75-15-23-83-47)49(85-25-17-77-7-5-73-13-21-81-45)33-41(43)63(42,3)55(59(69)70)56(64)60(71)72/h29-36H,5-28H2,1-4H3,(H,65,66)(H,67,68)(H,69,70)(H,71,72). The first-order valence-corrected chi connectivity index (χ1v) is 29.4. The number of aliphatic carboxylic acids is 4. The van der Waals surface area contributed by atoms with Crippen LogP contribution in [-0.4, -0.2) is 203 Å². The van der Waals surface area contributed by atoms with Gasteiger partial charge in [-0.3, -0.25) is 0 Å². The van der Waals surface area contributed by atoms with Crippen LogP contribution in [0.1, 0.15) is 72.2 Å². The van der Waals surface area contributed by atoms with E-state index in [0.29, 0.717) is 44.5 Å². The van der Waals surface area contributed by atoms with Crippen molar-refractivity contribution >= 4 is 23.9 Å². The number of carbonyl (C=O) groups is 4. The van der Waals surface area contributed by atoms with Crippen molar-refractivity contribution < 1.29 is 115 Å². The van der Waals surface area contributed by atoms with Crippen LogP contribution in [0.4, 0.5) is 0 Å². The Morgan fingerprint density at radius 3 is 0.466 bits per heavy atom. The highest BCUT2D eigenvalue weighted by atomic mass is 16.6. The van der Waals surface area contributed by atoms with E-state index in [1.54, 1.807) is 76.2 Å². The molecule has 88 heavy (non-hydrogen) atoms. The summed E-state index contributed by atoms with van der Waals surface area (Å²) in [6.07, 6.45) is 0. The minimum Gasteiger partial charge on any atom is -0.487 e. The molecule has 4 aromatic rings. The molecular weight excluding hydrogens is 1150 g/mol. The lowest BCUT2D eigenvalue weighted by atomic mass is 9.48. The average molecular weight is 1230 g/mol. The number of benzene rings is 4. The monoisotopic (exact) mass is 1220 g/mol. The average Bonchev–Trinajstić information content (AvgIpc) is 0.674. The second-order valence-electron chi connectivity index (χ2n) is 22.3. The molecule has 0 aromatic heterocycles. The number of carboxylic acids is 4. The van der Waals surface area contributed by atoms with Gasteiger partial charge in [0, 0.05) is 0 Å². The molecule has 6 aliphatic carbocycles. The van der Waals surface area contributed by atoms with E-state index in [0.717, 1.165) is 0 Å². The first-order chi connectivity index (χ1) is 42.5. The van der Waals surface area contributed by atoms with E-state index in [9.17, 15) is 39.6 Å². The summed E-state index contributed by atoms with van der Waals surface area (Å²) in [5, 5.41) is 44.5. The third-order valence-corrected chi connectivity index (χ3v) is 17.4. The second-order valence-corrected chi connectivity index (χ2v) is 22.3. The zero-order chi connectivity index (χ0) is 61.8. The van der Waals surface area contributed by atoms with Gasteiger partial charge in [0.15, 0.2) is 46.0 Å². The molecule has 0 radical (unpaired) electrons. The largest absolute Gasteiger partial charge is 0.487 e. The summed E-state index contributed by atoms with van der Waals surface area (Å²) in [7, 11) is 0. The Hall–Kier alpha value is -7.68. The maximum absolute atomic E-state index is 13.7. The number of hydrogen-bond acceptors (Lipinski definition) is 20. The SMILES string of the molecule is CC12C(C(=O)O)=C(C(=O)O)C3(C)c4cc5c(cc41)OCCOCCOCCOc1cc4c(cc1OCCOCCOCCO5)C1(C)C(C(=O)O)=C(C(=O)O)C4(C)c4cc5c(cc41)OCCOCCOCCOc1cc3c2cc1OCCOCCOCCO5. The fourth-order valence-corrected chi connectivity index (χ4v) is 13.4. The quantitative estimate of drug-likeness (QED) is 0.199. The zero-order valence-corrected chi connectivity index (χ0v) is 49.5. The Morgan fingerprint density at radius 1 is 0.239 bits per heavy atom. The van der Waals surface area contributed by atoms with Crippen molar-refractivity contribution in [2.45, 2.75) is 49.4 Å². The molecule has 4 bridgehead atoms. The summed E-state index contributed by atoms with van der Waals surface area (Å²) in [6.45, 7) is 8.82. The molecule has 0 fully saturated rings. The third-order valence-electron chi connectivity index (χ3n) is 17.4. The molecule has 0 spiro atoms. The zero-order valence-electron chi connectivity index (χ0n) is 49.5. The molecule has 0 unspecified atom stereocenters. The molecule has 0 saturated heterocycles. The number of rotatable bonds is 4. The summed E-state index contributed by atoms with van der Waals surface area (Å²) < 4.78 is 98.9. The van der Waals surface area contributed by atoms with Gasteiger partial charge in [0.2, 0.25) is 0 Å². The minimum absolute atomic E-state index is 0.0157. The first-order valence-electron chi connectivity index (χ1n) is 29.4. The van der Waals surface area contributed by atoms with Crippen molar-refractivity contribution in [1.29, 1.82) is 0 Å².